The molecule has 0 spiro atoms. The number of nitrogens with zero attached hydrogens (tertiary/aromatic N) is 5. The van der Waals surface area contributed by atoms with Gasteiger partial charge in [-0.3, -0.25) is 4.98 Å². The first-order chi connectivity index (χ1) is 14.2. The van der Waals surface area contributed by atoms with Crippen molar-refractivity contribution in [1.29, 1.82) is 0 Å². The number of ether oxygens (including phenoxy) is 1. The molecule has 0 radical (unpaired) electrons. The number of nitrogen functional groups attached to an aromatic ring is 1. The van der Waals surface area contributed by atoms with Crippen molar-refractivity contribution in [2.45, 2.75) is 6.54 Å². The first kappa shape index (κ1) is 18.8. The van der Waals surface area contributed by atoms with E-state index >= 15 is 0 Å². The van der Waals surface area contributed by atoms with Gasteiger partial charge in [0.2, 0.25) is 0 Å². The number of nitrogens with two attached hydrogens (primary N) is 1. The zero-order chi connectivity index (χ0) is 20.1. The maximum Gasteiger partial charge on any atom is 0.157 e. The summed E-state index contributed by atoms with van der Waals surface area (Å²) in [7, 11) is 1.68. The van der Waals surface area contributed by atoms with Crippen LogP contribution in [0.2, 0.25) is 0 Å². The van der Waals surface area contributed by atoms with Gasteiger partial charge in [0.15, 0.2) is 11.6 Å². The van der Waals surface area contributed by atoms with E-state index in [1.54, 1.807) is 19.6 Å². The summed E-state index contributed by atoms with van der Waals surface area (Å²) in [6, 6.07) is 12.1. The number of anilines is 4. The third-order valence-corrected chi connectivity index (χ3v) is 5.06. The molecule has 1 aliphatic heterocycles. The van der Waals surface area contributed by atoms with Crippen LogP contribution in [0.15, 0.2) is 55.1 Å². The molecule has 150 valence electrons. The smallest absolute Gasteiger partial charge is 0.157 e. The summed E-state index contributed by atoms with van der Waals surface area (Å²) in [5.41, 5.74) is 9.23. The molecule has 8 heteroatoms. The van der Waals surface area contributed by atoms with Gasteiger partial charge in [0, 0.05) is 50.8 Å². The summed E-state index contributed by atoms with van der Waals surface area (Å²) >= 11 is 0. The van der Waals surface area contributed by atoms with Crippen molar-refractivity contribution < 1.29 is 4.74 Å². The standard InChI is InChI=1S/C21H25N7O/c1-29-18-6-4-17(5-7-18)27-9-11-28(12-10-27)21-19(22)20(25-15-26-21)24-14-16-3-2-8-23-13-16/h2-8,13,15H,9-12,14,22H2,1H3,(H,24,25,26). The Hall–Kier alpha value is -3.55. The first-order valence-electron chi connectivity index (χ1n) is 9.62. The monoisotopic (exact) mass is 391 g/mol. The van der Waals surface area contributed by atoms with Crippen LogP contribution >= 0.6 is 0 Å². The number of methoxy groups -OCH3 is 1. The molecule has 0 aliphatic carbocycles. The molecule has 4 rings (SSSR count). The molecular formula is C21H25N7O. The minimum atomic E-state index is 0.578. The topological polar surface area (TPSA) is 92.4 Å². The van der Waals surface area contributed by atoms with E-state index < -0.39 is 0 Å². The number of hydrogen-bond acceptors (Lipinski definition) is 8. The van der Waals surface area contributed by atoms with Gasteiger partial charge in [-0.05, 0) is 35.9 Å². The van der Waals surface area contributed by atoms with E-state index in [2.05, 4.69) is 42.2 Å². The summed E-state index contributed by atoms with van der Waals surface area (Å²) in [4.78, 5) is 17.5. The summed E-state index contributed by atoms with van der Waals surface area (Å²) in [5.74, 6) is 2.30. The largest absolute Gasteiger partial charge is 0.497 e. The summed E-state index contributed by atoms with van der Waals surface area (Å²) < 4.78 is 5.24. The molecule has 8 nitrogen and oxygen atoms in total. The fourth-order valence-corrected chi connectivity index (χ4v) is 3.44. The van der Waals surface area contributed by atoms with E-state index in [0.717, 1.165) is 43.3 Å². The summed E-state index contributed by atoms with van der Waals surface area (Å²) in [6.07, 6.45) is 5.14. The van der Waals surface area contributed by atoms with Gasteiger partial charge in [-0.2, -0.15) is 0 Å². The van der Waals surface area contributed by atoms with E-state index in [-0.39, 0.29) is 0 Å². The number of benzene rings is 1. The van der Waals surface area contributed by atoms with Crippen molar-refractivity contribution in [3.8, 4) is 5.75 Å². The number of hydrogen-bond donors (Lipinski definition) is 2. The lowest BCUT2D eigenvalue weighted by Crippen LogP contribution is -2.47. The highest BCUT2D eigenvalue weighted by molar-refractivity contribution is 5.75. The maximum atomic E-state index is 6.38. The fraction of sp³-hybridized carbons (Fsp3) is 0.286. The van der Waals surface area contributed by atoms with Crippen LogP contribution in [0, 0.1) is 0 Å². The molecule has 0 amide bonds. The van der Waals surface area contributed by atoms with Crippen molar-refractivity contribution in [1.82, 2.24) is 15.0 Å². The molecule has 0 atom stereocenters. The van der Waals surface area contributed by atoms with Crippen molar-refractivity contribution in [3.63, 3.8) is 0 Å². The van der Waals surface area contributed by atoms with Crippen molar-refractivity contribution in [3.05, 3.63) is 60.7 Å². The van der Waals surface area contributed by atoms with E-state index in [9.17, 15) is 0 Å². The second kappa shape index (κ2) is 8.64. The van der Waals surface area contributed by atoms with Gasteiger partial charge in [0.25, 0.3) is 0 Å². The van der Waals surface area contributed by atoms with Gasteiger partial charge >= 0.3 is 0 Å². The van der Waals surface area contributed by atoms with Gasteiger partial charge in [-0.15, -0.1) is 0 Å². The molecule has 2 aromatic heterocycles. The number of piperazine rings is 1. The predicted octanol–water partition coefficient (Wildman–Crippen LogP) is 2.40. The molecule has 1 aromatic carbocycles. The SMILES string of the molecule is COc1ccc(N2CCN(c3ncnc(NCc4cccnc4)c3N)CC2)cc1. The molecule has 3 aromatic rings. The normalized spacial score (nSPS) is 14.0. The van der Waals surface area contributed by atoms with Gasteiger partial charge in [-0.1, -0.05) is 6.07 Å². The second-order valence-corrected chi connectivity index (χ2v) is 6.85. The van der Waals surface area contributed by atoms with E-state index in [1.165, 1.54) is 5.69 Å². The fourth-order valence-electron chi connectivity index (χ4n) is 3.44. The number of aromatic nitrogens is 3. The number of nitrogens with one attached hydrogen (secondary N) is 1. The Labute approximate surface area is 170 Å². The molecule has 0 bridgehead atoms. The Morgan fingerprint density at radius 3 is 2.48 bits per heavy atom. The molecule has 1 aliphatic rings. The molecule has 3 heterocycles. The van der Waals surface area contributed by atoms with Gasteiger partial charge < -0.3 is 25.6 Å². The quantitative estimate of drug-likeness (QED) is 0.662. The first-order valence-corrected chi connectivity index (χ1v) is 9.62. The third kappa shape index (κ3) is 4.31. The lowest BCUT2D eigenvalue weighted by Gasteiger charge is -2.37. The highest BCUT2D eigenvalue weighted by Gasteiger charge is 2.21. The number of pyridine rings is 1. The molecular weight excluding hydrogens is 366 g/mol. The van der Waals surface area contributed by atoms with E-state index in [1.807, 2.05) is 30.5 Å². The second-order valence-electron chi connectivity index (χ2n) is 6.85. The van der Waals surface area contributed by atoms with Crippen LogP contribution in [0.5, 0.6) is 5.75 Å². The highest BCUT2D eigenvalue weighted by Crippen LogP contribution is 2.28. The van der Waals surface area contributed by atoms with E-state index in [0.29, 0.717) is 18.1 Å². The predicted molar refractivity (Wildman–Crippen MR) is 115 cm³/mol. The number of rotatable bonds is 6. The van der Waals surface area contributed by atoms with Crippen LogP contribution < -0.4 is 25.6 Å². The Morgan fingerprint density at radius 2 is 1.79 bits per heavy atom. The lowest BCUT2D eigenvalue weighted by atomic mass is 10.2. The van der Waals surface area contributed by atoms with Crippen molar-refractivity contribution >= 4 is 23.0 Å². The minimum absolute atomic E-state index is 0.578. The molecule has 0 saturated carbocycles. The molecule has 3 N–H and O–H groups in total. The van der Waals surface area contributed by atoms with Crippen LogP contribution in [0.1, 0.15) is 5.56 Å². The van der Waals surface area contributed by atoms with Crippen molar-refractivity contribution in [2.75, 3.05) is 54.1 Å². The average molecular weight is 391 g/mol. The van der Waals surface area contributed by atoms with Crippen LogP contribution in [0.3, 0.4) is 0 Å². The van der Waals surface area contributed by atoms with E-state index in [4.69, 9.17) is 10.5 Å². The summed E-state index contributed by atoms with van der Waals surface area (Å²) in [6.45, 7) is 4.09. The summed E-state index contributed by atoms with van der Waals surface area (Å²) in [5, 5.41) is 3.29. The maximum absolute atomic E-state index is 6.38. The van der Waals surface area contributed by atoms with Crippen LogP contribution in [0.4, 0.5) is 23.0 Å². The molecule has 1 saturated heterocycles. The molecule has 0 unspecified atom stereocenters. The Bertz CT molecular complexity index is 926. The average Bonchev–Trinajstić information content (AvgIpc) is 2.79. The van der Waals surface area contributed by atoms with Crippen molar-refractivity contribution in [2.24, 2.45) is 0 Å². The van der Waals surface area contributed by atoms with Crippen LogP contribution in [-0.2, 0) is 6.54 Å². The highest BCUT2D eigenvalue weighted by atomic mass is 16.5. The van der Waals surface area contributed by atoms with Gasteiger partial charge in [0.1, 0.15) is 17.8 Å². The Morgan fingerprint density at radius 1 is 1.03 bits per heavy atom. The van der Waals surface area contributed by atoms with Gasteiger partial charge in [-0.25, -0.2) is 9.97 Å². The Balaban J connectivity index is 1.40. The zero-order valence-electron chi connectivity index (χ0n) is 16.5. The Kier molecular flexibility index (Phi) is 5.60. The van der Waals surface area contributed by atoms with Gasteiger partial charge in [0.05, 0.1) is 7.11 Å². The minimum Gasteiger partial charge on any atom is -0.497 e. The third-order valence-electron chi connectivity index (χ3n) is 5.06. The molecule has 29 heavy (non-hydrogen) atoms. The van der Waals surface area contributed by atoms with Crippen LogP contribution in [-0.4, -0.2) is 48.2 Å². The zero-order valence-corrected chi connectivity index (χ0v) is 16.5. The lowest BCUT2D eigenvalue weighted by molar-refractivity contribution is 0.415. The molecule has 1 fully saturated rings. The van der Waals surface area contributed by atoms with Crippen LogP contribution in [0.25, 0.3) is 0 Å².